The molecule has 0 aliphatic carbocycles. The fourth-order valence-corrected chi connectivity index (χ4v) is 1.40. The molecule has 0 bridgehead atoms. The molecule has 94 valence electrons. The lowest BCUT2D eigenvalue weighted by atomic mass is 10.3. The maximum absolute atomic E-state index is 13.1. The van der Waals surface area contributed by atoms with E-state index in [2.05, 4.69) is 20.3 Å². The summed E-state index contributed by atoms with van der Waals surface area (Å²) < 4.78 is 17.9. The zero-order chi connectivity index (χ0) is 13.1. The summed E-state index contributed by atoms with van der Waals surface area (Å²) in [6.45, 7) is 0. The number of nitrogen functional groups attached to an aromatic ring is 1. The van der Waals surface area contributed by atoms with Gasteiger partial charge in [-0.3, -0.25) is 0 Å². The van der Waals surface area contributed by atoms with E-state index in [4.69, 9.17) is 22.1 Å². The van der Waals surface area contributed by atoms with Crippen molar-refractivity contribution in [3.8, 4) is 6.01 Å². The van der Waals surface area contributed by atoms with Crippen molar-refractivity contribution >= 4 is 29.2 Å². The second-order valence-electron chi connectivity index (χ2n) is 3.25. The summed E-state index contributed by atoms with van der Waals surface area (Å²) in [5, 5.41) is 3.06. The van der Waals surface area contributed by atoms with Gasteiger partial charge in [-0.2, -0.15) is 15.0 Å². The molecule has 0 atom stereocenters. The minimum Gasteiger partial charge on any atom is -0.467 e. The first-order chi connectivity index (χ1) is 8.58. The molecule has 18 heavy (non-hydrogen) atoms. The van der Waals surface area contributed by atoms with Crippen molar-refractivity contribution in [2.45, 2.75) is 0 Å². The molecule has 0 fully saturated rings. The molecule has 6 nitrogen and oxygen atoms in total. The van der Waals surface area contributed by atoms with Crippen molar-refractivity contribution in [2.75, 3.05) is 18.2 Å². The Morgan fingerprint density at radius 1 is 1.33 bits per heavy atom. The maximum Gasteiger partial charge on any atom is 0.322 e. The summed E-state index contributed by atoms with van der Waals surface area (Å²) in [7, 11) is 1.40. The molecular formula is C10H9ClFN5O. The highest BCUT2D eigenvalue weighted by Gasteiger charge is 2.07. The molecule has 3 N–H and O–H groups in total. The van der Waals surface area contributed by atoms with E-state index in [0.29, 0.717) is 10.7 Å². The minimum atomic E-state index is -0.434. The molecule has 0 spiro atoms. The number of nitrogens with two attached hydrogens (primary N) is 1. The van der Waals surface area contributed by atoms with Crippen LogP contribution in [0.5, 0.6) is 6.01 Å². The summed E-state index contributed by atoms with van der Waals surface area (Å²) in [6.07, 6.45) is 0. The third-order valence-corrected chi connectivity index (χ3v) is 2.32. The van der Waals surface area contributed by atoms with Gasteiger partial charge in [0, 0.05) is 0 Å². The van der Waals surface area contributed by atoms with Crippen LogP contribution in [0, 0.1) is 5.82 Å². The smallest absolute Gasteiger partial charge is 0.322 e. The molecule has 2 rings (SSSR count). The van der Waals surface area contributed by atoms with Gasteiger partial charge in [0.15, 0.2) is 0 Å². The molecule has 8 heteroatoms. The summed E-state index contributed by atoms with van der Waals surface area (Å²) in [5.74, 6) is -0.334. The average Bonchev–Trinajstić information content (AvgIpc) is 2.33. The molecule has 1 aromatic heterocycles. The zero-order valence-electron chi connectivity index (χ0n) is 9.32. The number of halogens is 2. The molecule has 0 aliphatic heterocycles. The third kappa shape index (κ3) is 2.75. The number of aromatic nitrogens is 3. The van der Waals surface area contributed by atoms with Crippen LogP contribution in [-0.4, -0.2) is 22.1 Å². The van der Waals surface area contributed by atoms with Gasteiger partial charge in [-0.15, -0.1) is 0 Å². The summed E-state index contributed by atoms with van der Waals surface area (Å²) in [5.41, 5.74) is 5.79. The molecule has 0 amide bonds. The molecule has 1 aromatic carbocycles. The number of nitrogens with zero attached hydrogens (tertiary/aromatic N) is 3. The summed E-state index contributed by atoms with van der Waals surface area (Å²) in [4.78, 5) is 11.5. The molecule has 0 saturated heterocycles. The average molecular weight is 270 g/mol. The topological polar surface area (TPSA) is 86.0 Å². The van der Waals surface area contributed by atoms with Crippen molar-refractivity contribution in [1.29, 1.82) is 0 Å². The standard InChI is InChI=1S/C10H9ClFN5O/c1-18-10-16-8(13)15-9(17-10)14-7-4-5(12)2-3-6(7)11/h2-4H,1H3,(H3,13,14,15,16,17). The number of ether oxygens (including phenoxy) is 1. The first-order valence-corrected chi connectivity index (χ1v) is 5.24. The highest BCUT2D eigenvalue weighted by molar-refractivity contribution is 6.33. The second kappa shape index (κ2) is 5.01. The van der Waals surface area contributed by atoms with Crippen LogP contribution in [0.15, 0.2) is 18.2 Å². The lowest BCUT2D eigenvalue weighted by molar-refractivity contribution is 0.380. The zero-order valence-corrected chi connectivity index (χ0v) is 10.1. The third-order valence-electron chi connectivity index (χ3n) is 1.99. The van der Waals surface area contributed by atoms with Crippen LogP contribution < -0.4 is 15.8 Å². The van der Waals surface area contributed by atoms with Crippen LogP contribution in [0.2, 0.25) is 5.02 Å². The van der Waals surface area contributed by atoms with E-state index in [-0.39, 0.29) is 17.9 Å². The Bertz CT molecular complexity index is 580. The van der Waals surface area contributed by atoms with Crippen LogP contribution in [0.25, 0.3) is 0 Å². The van der Waals surface area contributed by atoms with E-state index in [9.17, 15) is 4.39 Å². The number of benzene rings is 1. The number of rotatable bonds is 3. The van der Waals surface area contributed by atoms with E-state index in [1.54, 1.807) is 0 Å². The van der Waals surface area contributed by atoms with Gasteiger partial charge >= 0.3 is 6.01 Å². The predicted molar refractivity (Wildman–Crippen MR) is 65.5 cm³/mol. The van der Waals surface area contributed by atoms with E-state index in [0.717, 1.165) is 0 Å². The Hall–Kier alpha value is -2.15. The monoisotopic (exact) mass is 269 g/mol. The molecule has 1 heterocycles. The van der Waals surface area contributed by atoms with Gasteiger partial charge in [-0.25, -0.2) is 4.39 Å². The molecule has 0 unspecified atom stereocenters. The van der Waals surface area contributed by atoms with Crippen LogP contribution in [0.1, 0.15) is 0 Å². The summed E-state index contributed by atoms with van der Waals surface area (Å²) >= 11 is 5.90. The quantitative estimate of drug-likeness (QED) is 0.886. The fraction of sp³-hybridized carbons (Fsp3) is 0.100. The highest BCUT2D eigenvalue weighted by atomic mass is 35.5. The Balaban J connectivity index is 2.33. The molecular weight excluding hydrogens is 261 g/mol. The first-order valence-electron chi connectivity index (χ1n) is 4.86. The number of nitrogens with one attached hydrogen (secondary N) is 1. The van der Waals surface area contributed by atoms with E-state index in [1.165, 1.54) is 25.3 Å². The van der Waals surface area contributed by atoms with Crippen molar-refractivity contribution in [3.63, 3.8) is 0 Å². The van der Waals surface area contributed by atoms with E-state index in [1.807, 2.05) is 0 Å². The van der Waals surface area contributed by atoms with Gasteiger partial charge < -0.3 is 15.8 Å². The largest absolute Gasteiger partial charge is 0.467 e. The minimum absolute atomic E-state index is 0.0168. The van der Waals surface area contributed by atoms with Crippen LogP contribution >= 0.6 is 11.6 Å². The number of anilines is 3. The number of hydrogen-bond acceptors (Lipinski definition) is 6. The highest BCUT2D eigenvalue weighted by Crippen LogP contribution is 2.25. The van der Waals surface area contributed by atoms with Gasteiger partial charge in [0.1, 0.15) is 5.82 Å². The summed E-state index contributed by atoms with van der Waals surface area (Å²) in [6, 6.07) is 3.93. The van der Waals surface area contributed by atoms with Crippen molar-refractivity contribution < 1.29 is 9.13 Å². The maximum atomic E-state index is 13.1. The Morgan fingerprint density at radius 2 is 2.11 bits per heavy atom. The molecule has 0 saturated carbocycles. The Labute approximate surface area is 107 Å². The predicted octanol–water partition coefficient (Wildman–Crippen LogP) is 2.00. The van der Waals surface area contributed by atoms with Crippen LogP contribution in [0.3, 0.4) is 0 Å². The lowest BCUT2D eigenvalue weighted by Gasteiger charge is -2.08. The first kappa shape index (κ1) is 12.3. The molecule has 2 aromatic rings. The second-order valence-corrected chi connectivity index (χ2v) is 3.66. The Morgan fingerprint density at radius 3 is 2.83 bits per heavy atom. The SMILES string of the molecule is COc1nc(N)nc(Nc2cc(F)ccc2Cl)n1. The van der Waals surface area contributed by atoms with Crippen molar-refractivity contribution in [2.24, 2.45) is 0 Å². The Kier molecular flexibility index (Phi) is 3.42. The number of hydrogen-bond donors (Lipinski definition) is 2. The normalized spacial score (nSPS) is 10.2. The van der Waals surface area contributed by atoms with Gasteiger partial charge in [0.05, 0.1) is 17.8 Å². The van der Waals surface area contributed by atoms with Crippen molar-refractivity contribution in [1.82, 2.24) is 15.0 Å². The molecule has 0 radical (unpaired) electrons. The van der Waals surface area contributed by atoms with Gasteiger partial charge in [-0.05, 0) is 18.2 Å². The van der Waals surface area contributed by atoms with Gasteiger partial charge in [-0.1, -0.05) is 11.6 Å². The molecule has 0 aliphatic rings. The van der Waals surface area contributed by atoms with Gasteiger partial charge in [0.25, 0.3) is 0 Å². The van der Waals surface area contributed by atoms with Crippen molar-refractivity contribution in [3.05, 3.63) is 29.0 Å². The fourth-order valence-electron chi connectivity index (χ4n) is 1.23. The van der Waals surface area contributed by atoms with E-state index >= 15 is 0 Å². The van der Waals surface area contributed by atoms with Gasteiger partial charge in [0.2, 0.25) is 11.9 Å². The van der Waals surface area contributed by atoms with Crippen LogP contribution in [0.4, 0.5) is 22.0 Å². The lowest BCUT2D eigenvalue weighted by Crippen LogP contribution is -2.05. The van der Waals surface area contributed by atoms with Crippen LogP contribution in [-0.2, 0) is 0 Å². The van der Waals surface area contributed by atoms with E-state index < -0.39 is 5.82 Å². The number of methoxy groups -OCH3 is 1.